The fraction of sp³-hybridized carbons (Fsp3) is 0.783. The van der Waals surface area contributed by atoms with Gasteiger partial charge in [-0.25, -0.2) is 0 Å². The molecule has 10 nitrogen and oxygen atoms in total. The maximum absolute atomic E-state index is 12.9. The number of hydrogen-bond acceptors (Lipinski definition) is 8. The minimum absolute atomic E-state index is 0.0147. The summed E-state index contributed by atoms with van der Waals surface area (Å²) in [5, 5.41) is 30.6. The summed E-state index contributed by atoms with van der Waals surface area (Å²) in [7, 11) is 1.19. The molecule has 0 saturated heterocycles. The molecule has 0 aliphatic carbocycles. The van der Waals surface area contributed by atoms with Crippen LogP contribution in [0, 0.1) is 0 Å². The molecule has 0 aromatic rings. The third kappa shape index (κ3) is 38.2. The van der Waals surface area contributed by atoms with E-state index in [4.69, 9.17) is 4.89 Å². The third-order valence-electron chi connectivity index (χ3n) is 9.76. The first-order chi connectivity index (χ1) is 27.2. The molecule has 0 radical (unpaired) electrons. The fourth-order valence-corrected chi connectivity index (χ4v) is 6.38. The molecular weight excluding hydrogens is 741 g/mol. The topological polar surface area (TPSA) is 164 Å². The highest BCUT2D eigenvalue weighted by molar-refractivity contribution is 7.44. The van der Waals surface area contributed by atoms with E-state index in [0.29, 0.717) is 30.3 Å². The number of Topliss-reactive ketones (excluding diaryl/α,β-unsaturated/α-hetero) is 2. The molecular formula is C46H86NO9P. The van der Waals surface area contributed by atoms with Crippen LogP contribution in [0.4, 0.5) is 0 Å². The summed E-state index contributed by atoms with van der Waals surface area (Å²) in [5.41, 5.74) is -2.52. The van der Waals surface area contributed by atoms with E-state index in [1.54, 1.807) is 0 Å². The van der Waals surface area contributed by atoms with Crippen LogP contribution < -0.4 is 4.89 Å². The molecule has 0 spiro atoms. The lowest BCUT2D eigenvalue weighted by Gasteiger charge is -2.29. The Balaban J connectivity index is 0. The van der Waals surface area contributed by atoms with Crippen molar-refractivity contribution in [2.75, 3.05) is 40.9 Å². The molecule has 1 unspecified atom stereocenters. The number of rotatable bonds is 38. The zero-order valence-electron chi connectivity index (χ0n) is 36.9. The standard InChI is InChI=1S/C41H72O5.C5H14NO4P/c1-3-5-7-9-11-13-15-17-19-20-22-24-26-28-30-32-34-36-39(44)41(46,40(45)37-42)38(43)35-33-31-29-27-25-23-21-18-16-14-12-10-8-6-4-2;1-6(2,3)4-5-10-11(7,8)9/h11,13,17,19,22,24,28,30,40,42,45-46H,3-10,12,14-16,18,20-21,23,25-27,29,31-37H2,1-2H3;4-5H2,1-3H3,(H-,7,8,9)/b13-11-,19-17-,24-22-,30-28-;/t40-,41-;/m0./s1. The number of aliphatic hydroxyl groups excluding tert-OH is 2. The highest BCUT2D eigenvalue weighted by Crippen LogP contribution is 2.29. The van der Waals surface area contributed by atoms with Gasteiger partial charge in [-0.1, -0.05) is 165 Å². The minimum Gasteiger partial charge on any atom is -0.756 e. The Hall–Kier alpha value is -1.75. The van der Waals surface area contributed by atoms with E-state index in [1.807, 2.05) is 33.3 Å². The van der Waals surface area contributed by atoms with Gasteiger partial charge >= 0.3 is 0 Å². The maximum Gasteiger partial charge on any atom is 0.265 e. The van der Waals surface area contributed by atoms with E-state index >= 15 is 0 Å². The molecule has 0 fully saturated rings. The van der Waals surface area contributed by atoms with Crippen molar-refractivity contribution in [1.29, 1.82) is 0 Å². The molecule has 0 saturated carbocycles. The van der Waals surface area contributed by atoms with Gasteiger partial charge in [0.25, 0.3) is 7.82 Å². The Morgan fingerprint density at radius 3 is 1.37 bits per heavy atom. The van der Waals surface area contributed by atoms with Gasteiger partial charge in [0.15, 0.2) is 11.6 Å². The summed E-state index contributed by atoms with van der Waals surface area (Å²) in [6, 6.07) is 0. The van der Waals surface area contributed by atoms with Gasteiger partial charge in [-0.05, 0) is 51.4 Å². The van der Waals surface area contributed by atoms with Crippen LogP contribution in [0.1, 0.15) is 181 Å². The molecule has 334 valence electrons. The van der Waals surface area contributed by atoms with Crippen LogP contribution in [0.5, 0.6) is 0 Å². The number of phosphoric acid groups is 1. The van der Waals surface area contributed by atoms with Gasteiger partial charge in [-0.3, -0.25) is 14.2 Å². The van der Waals surface area contributed by atoms with E-state index in [1.165, 1.54) is 96.3 Å². The zero-order valence-corrected chi connectivity index (χ0v) is 37.8. The number of carbonyl (C=O) groups is 2. The van der Waals surface area contributed by atoms with Gasteiger partial charge in [0.1, 0.15) is 19.3 Å². The average Bonchev–Trinajstić information content (AvgIpc) is 3.15. The molecule has 11 heteroatoms. The summed E-state index contributed by atoms with van der Waals surface area (Å²) < 4.78 is 14.8. The van der Waals surface area contributed by atoms with Crippen molar-refractivity contribution in [1.82, 2.24) is 0 Å². The lowest BCUT2D eigenvalue weighted by molar-refractivity contribution is -0.870. The van der Waals surface area contributed by atoms with E-state index < -0.39 is 37.7 Å². The van der Waals surface area contributed by atoms with Crippen molar-refractivity contribution in [2.45, 2.75) is 192 Å². The first-order valence-corrected chi connectivity index (χ1v) is 23.8. The first kappa shape index (κ1) is 57.3. The van der Waals surface area contributed by atoms with Gasteiger partial charge in [-0.15, -0.1) is 0 Å². The van der Waals surface area contributed by atoms with E-state index in [0.717, 1.165) is 38.5 Å². The van der Waals surface area contributed by atoms with Crippen LogP contribution in [0.25, 0.3) is 0 Å². The maximum atomic E-state index is 12.9. The number of phosphoric ester groups is 1. The predicted molar refractivity (Wildman–Crippen MR) is 235 cm³/mol. The van der Waals surface area contributed by atoms with Gasteiger partial charge < -0.3 is 34.1 Å². The Morgan fingerprint density at radius 1 is 0.632 bits per heavy atom. The van der Waals surface area contributed by atoms with Crippen molar-refractivity contribution < 1.29 is 48.3 Å². The van der Waals surface area contributed by atoms with Gasteiger partial charge in [-0.2, -0.15) is 0 Å². The summed E-state index contributed by atoms with van der Waals surface area (Å²) in [6.45, 7) is 4.20. The lowest BCUT2D eigenvalue weighted by atomic mass is 9.83. The summed E-state index contributed by atoms with van der Waals surface area (Å²) >= 11 is 0. The highest BCUT2D eigenvalue weighted by Gasteiger charge is 2.48. The molecule has 0 bridgehead atoms. The second-order valence-corrected chi connectivity index (χ2v) is 17.5. The largest absolute Gasteiger partial charge is 0.756 e. The Morgan fingerprint density at radius 2 is 0.982 bits per heavy atom. The molecule has 0 heterocycles. The molecule has 3 atom stereocenters. The van der Waals surface area contributed by atoms with Crippen LogP contribution >= 0.6 is 7.82 Å². The Kier molecular flexibility index (Phi) is 38.7. The van der Waals surface area contributed by atoms with Crippen LogP contribution in [0.15, 0.2) is 48.6 Å². The zero-order chi connectivity index (χ0) is 43.1. The van der Waals surface area contributed by atoms with Crippen LogP contribution in [0.2, 0.25) is 0 Å². The highest BCUT2D eigenvalue weighted by atomic mass is 31.2. The number of allylic oxidation sites excluding steroid dienone is 8. The summed E-state index contributed by atoms with van der Waals surface area (Å²) in [6.07, 6.45) is 42.4. The SMILES string of the molecule is CCCCC/C=C\C/C=C\C/C=C\C/C=C\CCCC(=O)[C@@](O)(C(=O)CCCCCCCCCCCCCCCCC)[C@@H](O)CO.C[N+](C)(C)CCOP(=O)([O-])O. The van der Waals surface area contributed by atoms with Gasteiger partial charge in [0.2, 0.25) is 5.60 Å². The third-order valence-corrected chi connectivity index (χ3v) is 10.3. The Bertz CT molecular complexity index is 1130. The van der Waals surface area contributed by atoms with Crippen molar-refractivity contribution in [3.05, 3.63) is 48.6 Å². The lowest BCUT2D eigenvalue weighted by Crippen LogP contribution is -2.57. The molecule has 0 aliphatic rings. The van der Waals surface area contributed by atoms with Crippen LogP contribution in [-0.4, -0.2) is 88.9 Å². The number of hydrogen-bond donors (Lipinski definition) is 4. The molecule has 0 aromatic carbocycles. The predicted octanol–water partition coefficient (Wildman–Crippen LogP) is 9.79. The fourth-order valence-electron chi connectivity index (χ4n) is 6.07. The summed E-state index contributed by atoms with van der Waals surface area (Å²) in [4.78, 5) is 43.9. The number of aliphatic hydroxyl groups is 3. The minimum atomic E-state index is -4.51. The number of ketones is 2. The molecule has 4 N–H and O–H groups in total. The monoisotopic (exact) mass is 828 g/mol. The second-order valence-electron chi connectivity index (χ2n) is 16.3. The van der Waals surface area contributed by atoms with E-state index in [-0.39, 0.29) is 19.4 Å². The van der Waals surface area contributed by atoms with Crippen molar-refractivity contribution in [3.63, 3.8) is 0 Å². The first-order valence-electron chi connectivity index (χ1n) is 22.3. The van der Waals surface area contributed by atoms with Crippen LogP contribution in [0.3, 0.4) is 0 Å². The second kappa shape index (κ2) is 38.5. The number of quaternary nitrogens is 1. The Labute approximate surface area is 348 Å². The van der Waals surface area contributed by atoms with Crippen molar-refractivity contribution >= 4 is 19.4 Å². The number of unbranched alkanes of at least 4 members (excludes halogenated alkanes) is 18. The summed E-state index contributed by atoms with van der Waals surface area (Å²) in [5.74, 6) is -1.37. The van der Waals surface area contributed by atoms with Crippen LogP contribution in [-0.2, 0) is 18.7 Å². The van der Waals surface area contributed by atoms with Crippen molar-refractivity contribution in [2.24, 2.45) is 0 Å². The van der Waals surface area contributed by atoms with Gasteiger partial charge in [0, 0.05) is 12.8 Å². The van der Waals surface area contributed by atoms with Crippen molar-refractivity contribution in [3.8, 4) is 0 Å². The normalized spacial score (nSPS) is 15.0. The number of carbonyl (C=O) groups excluding carboxylic acids is 2. The molecule has 0 aliphatic heterocycles. The number of nitrogens with zero attached hydrogens (tertiary/aromatic N) is 1. The molecule has 57 heavy (non-hydrogen) atoms. The molecule has 0 aromatic heterocycles. The van der Waals surface area contributed by atoms with Gasteiger partial charge in [0.05, 0.1) is 27.7 Å². The smallest absolute Gasteiger partial charge is 0.265 e. The average molecular weight is 828 g/mol. The molecule has 0 rings (SSSR count). The van der Waals surface area contributed by atoms with E-state index in [2.05, 4.69) is 54.8 Å². The molecule has 0 amide bonds. The van der Waals surface area contributed by atoms with E-state index in [9.17, 15) is 34.4 Å². The quantitative estimate of drug-likeness (QED) is 0.0156. The number of likely N-dealkylation sites (N-methyl/N-ethyl adjacent to an activating group) is 1.